The van der Waals surface area contributed by atoms with Crippen molar-refractivity contribution in [1.29, 1.82) is 0 Å². The lowest BCUT2D eigenvalue weighted by Gasteiger charge is -2.29. The molecule has 0 unspecified atom stereocenters. The van der Waals surface area contributed by atoms with Crippen molar-refractivity contribution in [1.82, 2.24) is 9.80 Å². The molecule has 6 atom stereocenters. The van der Waals surface area contributed by atoms with Crippen molar-refractivity contribution in [3.8, 4) is 0 Å². The maximum Gasteiger partial charge on any atom is 0.411 e. The van der Waals surface area contributed by atoms with Crippen molar-refractivity contribution in [3.05, 3.63) is 12.2 Å². The van der Waals surface area contributed by atoms with Gasteiger partial charge in [-0.25, -0.2) is 9.59 Å². The van der Waals surface area contributed by atoms with Gasteiger partial charge in [0.05, 0.1) is 25.4 Å². The number of Topliss-reactive ketones (excluding diaryl/α,β-unsaturated/α-hetero) is 3. The summed E-state index contributed by atoms with van der Waals surface area (Å²) in [5.74, 6) is -1.02. The predicted octanol–water partition coefficient (Wildman–Crippen LogP) is 1.66. The lowest BCUT2D eigenvalue weighted by Crippen LogP contribution is -2.48. The van der Waals surface area contributed by atoms with Crippen LogP contribution in [-0.2, 0) is 33.3 Å². The molecule has 0 aromatic heterocycles. The SMILES string of the molecule is CC(C)(C)OC(=O)N1C[C@@H]2CC(=O)CCO[C@H]2[C@H]1C(=O)CO.CC(C)(C)OC(=O)N1C[C@@H]2CC=CCO[C@H]2[C@H]1C(=O)CO. The molecule has 3 saturated heterocycles. The zero-order valence-corrected chi connectivity index (χ0v) is 25.9. The normalized spacial score (nSPS) is 29.0. The van der Waals surface area contributed by atoms with E-state index in [1.165, 1.54) is 9.80 Å². The summed E-state index contributed by atoms with van der Waals surface area (Å²) in [5, 5.41) is 18.4. The number of likely N-dealkylation sites (tertiary alicyclic amines) is 2. The molecule has 0 spiro atoms. The van der Waals surface area contributed by atoms with Crippen LogP contribution >= 0.6 is 0 Å². The Morgan fingerprint density at radius 2 is 1.30 bits per heavy atom. The molecule has 0 saturated carbocycles. The van der Waals surface area contributed by atoms with E-state index in [1.54, 1.807) is 41.5 Å². The van der Waals surface area contributed by atoms with Gasteiger partial charge in [0, 0.05) is 37.8 Å². The number of allylic oxidation sites excluding steroid dienone is 1. The summed E-state index contributed by atoms with van der Waals surface area (Å²) in [5.41, 5.74) is -1.32. The van der Waals surface area contributed by atoms with E-state index in [2.05, 4.69) is 0 Å². The van der Waals surface area contributed by atoms with Gasteiger partial charge in [-0.05, 0) is 48.0 Å². The molecule has 0 radical (unpaired) electrons. The van der Waals surface area contributed by atoms with Gasteiger partial charge in [-0.3, -0.25) is 24.2 Å². The van der Waals surface area contributed by atoms with Gasteiger partial charge in [0.25, 0.3) is 0 Å². The largest absolute Gasteiger partial charge is 0.444 e. The second-order valence-corrected chi connectivity index (χ2v) is 13.3. The van der Waals surface area contributed by atoms with Crippen LogP contribution in [0.3, 0.4) is 0 Å². The quantitative estimate of drug-likeness (QED) is 0.444. The molecule has 3 fully saturated rings. The molecule has 4 aliphatic rings. The first-order valence-electron chi connectivity index (χ1n) is 14.7. The van der Waals surface area contributed by atoms with Crippen LogP contribution in [0.5, 0.6) is 0 Å². The zero-order valence-electron chi connectivity index (χ0n) is 25.9. The van der Waals surface area contributed by atoms with Crippen LogP contribution in [0.2, 0.25) is 0 Å². The molecule has 13 nitrogen and oxygen atoms in total. The van der Waals surface area contributed by atoms with E-state index in [0.29, 0.717) is 19.6 Å². The molecular formula is C30H46N2O11. The first-order chi connectivity index (χ1) is 20.1. The van der Waals surface area contributed by atoms with Gasteiger partial charge in [0.2, 0.25) is 0 Å². The van der Waals surface area contributed by atoms with Crippen molar-refractivity contribution >= 4 is 29.5 Å². The molecule has 0 aromatic carbocycles. The molecular weight excluding hydrogens is 564 g/mol. The Kier molecular flexibility index (Phi) is 11.5. The number of carbonyl (C=O) groups is 5. The van der Waals surface area contributed by atoms with Crippen LogP contribution in [0.25, 0.3) is 0 Å². The van der Waals surface area contributed by atoms with Crippen molar-refractivity contribution in [2.75, 3.05) is 39.5 Å². The summed E-state index contributed by atoms with van der Waals surface area (Å²) in [6.45, 7) is 10.5. The Balaban J connectivity index is 0.000000236. The number of aliphatic hydroxyl groups is 2. The first kappa shape index (κ1) is 34.6. The van der Waals surface area contributed by atoms with Crippen molar-refractivity contribution in [2.45, 2.75) is 96.3 Å². The third kappa shape index (κ3) is 9.07. The fourth-order valence-corrected chi connectivity index (χ4v) is 5.78. The molecule has 43 heavy (non-hydrogen) atoms. The van der Waals surface area contributed by atoms with E-state index >= 15 is 0 Å². The average Bonchev–Trinajstić information content (AvgIpc) is 3.27. The lowest BCUT2D eigenvalue weighted by atomic mass is 9.95. The van der Waals surface area contributed by atoms with Gasteiger partial charge in [0.1, 0.15) is 42.3 Å². The highest BCUT2D eigenvalue weighted by molar-refractivity contribution is 5.90. The van der Waals surface area contributed by atoms with E-state index in [1.807, 2.05) is 12.2 Å². The maximum atomic E-state index is 12.3. The Morgan fingerprint density at radius 3 is 1.79 bits per heavy atom. The van der Waals surface area contributed by atoms with E-state index in [4.69, 9.17) is 18.9 Å². The van der Waals surface area contributed by atoms with Crippen LogP contribution in [0.1, 0.15) is 60.8 Å². The molecule has 4 heterocycles. The van der Waals surface area contributed by atoms with Gasteiger partial charge in [-0.2, -0.15) is 0 Å². The first-order valence-corrected chi connectivity index (χ1v) is 14.7. The molecule has 242 valence electrons. The Labute approximate surface area is 252 Å². The van der Waals surface area contributed by atoms with Crippen molar-refractivity contribution in [3.63, 3.8) is 0 Å². The number of ether oxygens (including phenoxy) is 4. The summed E-state index contributed by atoms with van der Waals surface area (Å²) in [6, 6.07) is -1.66. The molecule has 0 aromatic rings. The number of amides is 2. The molecule has 4 rings (SSSR count). The van der Waals surface area contributed by atoms with E-state index in [-0.39, 0.29) is 43.3 Å². The standard InChI is InChI=1S/C15H23NO6.C15H23NO5/c1-15(2,3)22-14(20)16-7-9-6-10(18)4-5-21-13(9)12(16)11(19)8-17;1-15(2,3)21-14(19)16-8-10-6-4-5-7-20-13(10)12(16)11(18)9-17/h9,12-13,17H,4-8H2,1-3H3;4-5,10,12-13,17H,6-9H2,1-3H3/t9-,12+,13+;10-,12+,13+/m00/s1. The van der Waals surface area contributed by atoms with Crippen LogP contribution in [0, 0.1) is 11.8 Å². The number of rotatable bonds is 4. The number of ketones is 3. The summed E-state index contributed by atoms with van der Waals surface area (Å²) >= 11 is 0. The highest BCUT2D eigenvalue weighted by atomic mass is 16.6. The van der Waals surface area contributed by atoms with Gasteiger partial charge in [-0.1, -0.05) is 12.2 Å². The predicted molar refractivity (Wildman–Crippen MR) is 152 cm³/mol. The molecule has 2 amide bonds. The number of hydrogen-bond donors (Lipinski definition) is 2. The second kappa shape index (κ2) is 14.3. The van der Waals surface area contributed by atoms with Crippen LogP contribution < -0.4 is 0 Å². The van der Waals surface area contributed by atoms with Crippen LogP contribution in [-0.4, -0.2) is 125 Å². The minimum Gasteiger partial charge on any atom is -0.444 e. The highest BCUT2D eigenvalue weighted by Gasteiger charge is 2.51. The Bertz CT molecular complexity index is 1080. The van der Waals surface area contributed by atoms with Gasteiger partial charge >= 0.3 is 12.2 Å². The number of fused-ring (bicyclic) bond motifs is 2. The number of carbonyl (C=O) groups excluding carboxylic acids is 5. The molecule has 0 bridgehead atoms. The van der Waals surface area contributed by atoms with Crippen molar-refractivity contribution in [2.24, 2.45) is 11.8 Å². The highest BCUT2D eigenvalue weighted by Crippen LogP contribution is 2.34. The molecule has 4 aliphatic heterocycles. The third-order valence-electron chi connectivity index (χ3n) is 7.48. The zero-order chi connectivity index (χ0) is 32.1. The minimum atomic E-state index is -0.893. The number of nitrogens with zero attached hydrogens (tertiary/aromatic N) is 2. The smallest absolute Gasteiger partial charge is 0.411 e. The van der Waals surface area contributed by atoms with Gasteiger partial charge in [-0.15, -0.1) is 0 Å². The number of hydrogen-bond acceptors (Lipinski definition) is 11. The van der Waals surface area contributed by atoms with Crippen molar-refractivity contribution < 1.29 is 53.1 Å². The Hall–Kier alpha value is -2.87. The lowest BCUT2D eigenvalue weighted by molar-refractivity contribution is -0.130. The maximum absolute atomic E-state index is 12.3. The monoisotopic (exact) mass is 610 g/mol. The fourth-order valence-electron chi connectivity index (χ4n) is 5.78. The Morgan fingerprint density at radius 1 is 0.814 bits per heavy atom. The van der Waals surface area contributed by atoms with E-state index in [9.17, 15) is 34.2 Å². The van der Waals surface area contributed by atoms with Gasteiger partial charge < -0.3 is 29.2 Å². The second-order valence-electron chi connectivity index (χ2n) is 13.3. The van der Waals surface area contributed by atoms with Crippen LogP contribution in [0.15, 0.2) is 12.2 Å². The summed E-state index contributed by atoms with van der Waals surface area (Å²) in [4.78, 5) is 63.2. The van der Waals surface area contributed by atoms with E-state index in [0.717, 1.165) is 6.42 Å². The van der Waals surface area contributed by atoms with E-state index < -0.39 is 66.4 Å². The third-order valence-corrected chi connectivity index (χ3v) is 7.48. The summed E-state index contributed by atoms with van der Waals surface area (Å²) in [6.07, 6.45) is 3.17. The fraction of sp³-hybridized carbons (Fsp3) is 0.767. The molecule has 2 N–H and O–H groups in total. The molecule has 0 aliphatic carbocycles. The summed E-state index contributed by atoms with van der Waals surface area (Å²) < 4.78 is 22.0. The molecule has 13 heteroatoms. The minimum absolute atomic E-state index is 0.0526. The van der Waals surface area contributed by atoms with Gasteiger partial charge in [0.15, 0.2) is 11.6 Å². The number of aliphatic hydroxyl groups excluding tert-OH is 2. The van der Waals surface area contributed by atoms with Crippen LogP contribution in [0.4, 0.5) is 9.59 Å². The average molecular weight is 611 g/mol. The summed E-state index contributed by atoms with van der Waals surface area (Å²) in [7, 11) is 0. The topological polar surface area (TPSA) is 169 Å².